The molecule has 1 aliphatic heterocycles. The number of methoxy groups -OCH3 is 1. The molecule has 1 saturated heterocycles. The van der Waals surface area contributed by atoms with Crippen molar-refractivity contribution in [3.05, 3.63) is 52.5 Å². The number of anilines is 2. The van der Waals surface area contributed by atoms with Crippen LogP contribution in [0.2, 0.25) is 5.02 Å². The number of morpholine rings is 1. The Morgan fingerprint density at radius 3 is 2.73 bits per heavy atom. The molecule has 10 heteroatoms. The molecule has 1 fully saturated rings. The second kappa shape index (κ2) is 10.5. The van der Waals surface area contributed by atoms with E-state index in [9.17, 15) is 4.79 Å². The minimum absolute atomic E-state index is 0.165. The molecule has 0 unspecified atom stereocenters. The summed E-state index contributed by atoms with van der Waals surface area (Å²) in [6.45, 7) is 6.70. The number of thioether (sulfide) groups is 1. The maximum Gasteiger partial charge on any atom is 0.234 e. The fourth-order valence-corrected chi connectivity index (χ4v) is 4.46. The topological polar surface area (TPSA) is 81.5 Å². The second-order valence-electron chi connectivity index (χ2n) is 7.69. The minimum Gasteiger partial charge on any atom is -0.495 e. The number of rotatable bonds is 7. The molecule has 0 spiro atoms. The monoisotopic (exact) mass is 487 g/mol. The summed E-state index contributed by atoms with van der Waals surface area (Å²) in [5.74, 6) is 1.26. The lowest BCUT2D eigenvalue weighted by molar-refractivity contribution is -0.113. The van der Waals surface area contributed by atoms with Crippen molar-refractivity contribution in [2.75, 3.05) is 49.4 Å². The van der Waals surface area contributed by atoms with E-state index in [1.54, 1.807) is 19.2 Å². The Bertz CT molecular complexity index is 1150. The second-order valence-corrected chi connectivity index (χ2v) is 9.04. The maximum absolute atomic E-state index is 12.8. The molecule has 0 atom stereocenters. The maximum atomic E-state index is 12.8. The van der Waals surface area contributed by atoms with Gasteiger partial charge in [-0.1, -0.05) is 35.5 Å². The van der Waals surface area contributed by atoms with E-state index >= 15 is 0 Å². The van der Waals surface area contributed by atoms with Gasteiger partial charge in [0.25, 0.3) is 0 Å². The fraction of sp³-hybridized carbons (Fsp3) is 0.348. The number of halogens is 1. The van der Waals surface area contributed by atoms with Crippen LogP contribution in [0.25, 0.3) is 5.69 Å². The molecule has 1 aliphatic rings. The number of aryl methyl sites for hydroxylation is 2. The van der Waals surface area contributed by atoms with Gasteiger partial charge in [0.05, 0.1) is 37.5 Å². The molecule has 2 heterocycles. The van der Waals surface area contributed by atoms with E-state index in [1.807, 2.05) is 36.6 Å². The third kappa shape index (κ3) is 5.43. The Balaban J connectivity index is 1.55. The molecule has 1 amide bonds. The lowest BCUT2D eigenvalue weighted by atomic mass is 10.2. The number of hydrogen-bond donors (Lipinski definition) is 1. The van der Waals surface area contributed by atoms with Crippen LogP contribution in [-0.4, -0.2) is 59.8 Å². The SMILES string of the molecule is COc1cc(Cl)c(C)cc1NC(=O)CSc1nnc(N2CCOCC2)n1-c1cccc(C)c1. The number of hydrogen-bond acceptors (Lipinski definition) is 7. The van der Waals surface area contributed by atoms with Crippen molar-refractivity contribution in [1.82, 2.24) is 14.8 Å². The van der Waals surface area contributed by atoms with Crippen molar-refractivity contribution < 1.29 is 14.3 Å². The van der Waals surface area contributed by atoms with Crippen LogP contribution in [0.15, 0.2) is 41.6 Å². The van der Waals surface area contributed by atoms with Gasteiger partial charge in [-0.25, -0.2) is 0 Å². The quantitative estimate of drug-likeness (QED) is 0.502. The number of carbonyl (C=O) groups excluding carboxylic acids is 1. The molecule has 0 radical (unpaired) electrons. The van der Waals surface area contributed by atoms with Gasteiger partial charge in [-0.2, -0.15) is 0 Å². The Kier molecular flexibility index (Phi) is 7.42. The largest absolute Gasteiger partial charge is 0.495 e. The molecule has 1 N–H and O–H groups in total. The third-order valence-corrected chi connectivity index (χ3v) is 6.59. The molecule has 4 rings (SSSR count). The average Bonchev–Trinajstić information content (AvgIpc) is 3.24. The summed E-state index contributed by atoms with van der Waals surface area (Å²) in [6, 6.07) is 11.6. The molecular weight excluding hydrogens is 462 g/mol. The lowest BCUT2D eigenvalue weighted by Gasteiger charge is -2.28. The number of amides is 1. The van der Waals surface area contributed by atoms with Crippen LogP contribution in [0.3, 0.4) is 0 Å². The number of nitrogens with zero attached hydrogens (tertiary/aromatic N) is 4. The first-order valence-corrected chi connectivity index (χ1v) is 11.9. The predicted molar refractivity (Wildman–Crippen MR) is 131 cm³/mol. The number of carbonyl (C=O) groups is 1. The molecule has 0 bridgehead atoms. The van der Waals surface area contributed by atoms with Gasteiger partial charge in [0.2, 0.25) is 11.9 Å². The van der Waals surface area contributed by atoms with Gasteiger partial charge in [-0.15, -0.1) is 10.2 Å². The summed E-state index contributed by atoms with van der Waals surface area (Å²) < 4.78 is 12.8. The number of aromatic nitrogens is 3. The van der Waals surface area contributed by atoms with Crippen LogP contribution in [0, 0.1) is 13.8 Å². The van der Waals surface area contributed by atoms with E-state index in [-0.39, 0.29) is 11.7 Å². The summed E-state index contributed by atoms with van der Waals surface area (Å²) in [6.07, 6.45) is 0. The highest BCUT2D eigenvalue weighted by Gasteiger charge is 2.22. The Morgan fingerprint density at radius 2 is 2.00 bits per heavy atom. The van der Waals surface area contributed by atoms with E-state index in [2.05, 4.69) is 26.5 Å². The van der Waals surface area contributed by atoms with Crippen LogP contribution in [0.1, 0.15) is 11.1 Å². The molecule has 33 heavy (non-hydrogen) atoms. The Morgan fingerprint density at radius 1 is 1.21 bits per heavy atom. The fourth-order valence-electron chi connectivity index (χ4n) is 3.56. The summed E-state index contributed by atoms with van der Waals surface area (Å²) in [5.41, 5.74) is 3.53. The van der Waals surface area contributed by atoms with Crippen molar-refractivity contribution >= 4 is 40.9 Å². The smallest absolute Gasteiger partial charge is 0.234 e. The number of benzene rings is 2. The van der Waals surface area contributed by atoms with Gasteiger partial charge in [0.15, 0.2) is 5.16 Å². The molecule has 3 aromatic rings. The van der Waals surface area contributed by atoms with Crippen LogP contribution in [0.5, 0.6) is 5.75 Å². The first-order chi connectivity index (χ1) is 16.0. The lowest BCUT2D eigenvalue weighted by Crippen LogP contribution is -2.37. The van der Waals surface area contributed by atoms with Gasteiger partial charge in [0.1, 0.15) is 5.75 Å². The van der Waals surface area contributed by atoms with Crippen LogP contribution in [-0.2, 0) is 9.53 Å². The van der Waals surface area contributed by atoms with Gasteiger partial charge in [0, 0.05) is 24.2 Å². The zero-order chi connectivity index (χ0) is 23.4. The Hall–Kier alpha value is -2.75. The van der Waals surface area contributed by atoms with Crippen LogP contribution >= 0.6 is 23.4 Å². The number of ether oxygens (including phenoxy) is 2. The highest BCUT2D eigenvalue weighted by atomic mass is 35.5. The predicted octanol–water partition coefficient (Wildman–Crippen LogP) is 4.11. The minimum atomic E-state index is -0.174. The van der Waals surface area contributed by atoms with Crippen molar-refractivity contribution in [3.8, 4) is 11.4 Å². The molecule has 0 aliphatic carbocycles. The first kappa shape index (κ1) is 23.4. The summed E-state index contributed by atoms with van der Waals surface area (Å²) in [4.78, 5) is 14.9. The van der Waals surface area contributed by atoms with Gasteiger partial charge >= 0.3 is 0 Å². The summed E-state index contributed by atoms with van der Waals surface area (Å²) >= 11 is 7.50. The summed E-state index contributed by atoms with van der Waals surface area (Å²) in [7, 11) is 1.54. The molecule has 1 aromatic heterocycles. The standard InChI is InChI=1S/C23H26ClN5O3S/c1-15-5-4-6-17(11-15)29-22(28-7-9-32-10-8-28)26-27-23(29)33-14-21(30)25-19-12-16(2)18(24)13-20(19)31-3/h4-6,11-13H,7-10,14H2,1-3H3,(H,25,30). The van der Waals surface area contributed by atoms with Crippen molar-refractivity contribution in [3.63, 3.8) is 0 Å². The van der Waals surface area contributed by atoms with E-state index in [4.69, 9.17) is 21.1 Å². The van der Waals surface area contributed by atoms with Gasteiger partial charge in [-0.3, -0.25) is 9.36 Å². The molecule has 8 nitrogen and oxygen atoms in total. The first-order valence-electron chi connectivity index (χ1n) is 10.6. The van der Waals surface area contributed by atoms with E-state index < -0.39 is 0 Å². The van der Waals surface area contributed by atoms with Crippen LogP contribution < -0.4 is 15.0 Å². The third-order valence-electron chi connectivity index (χ3n) is 5.26. The van der Waals surface area contributed by atoms with Gasteiger partial charge in [-0.05, 0) is 43.2 Å². The molecule has 174 valence electrons. The summed E-state index contributed by atoms with van der Waals surface area (Å²) in [5, 5.41) is 13.0. The van der Waals surface area contributed by atoms with E-state index in [1.165, 1.54) is 11.8 Å². The zero-order valence-electron chi connectivity index (χ0n) is 18.8. The molecule has 2 aromatic carbocycles. The zero-order valence-corrected chi connectivity index (χ0v) is 20.4. The van der Waals surface area contributed by atoms with Crippen molar-refractivity contribution in [1.29, 1.82) is 0 Å². The highest BCUT2D eigenvalue weighted by Crippen LogP contribution is 2.32. The Labute approximate surface area is 202 Å². The van der Waals surface area contributed by atoms with E-state index in [0.29, 0.717) is 34.8 Å². The van der Waals surface area contributed by atoms with Crippen LogP contribution in [0.4, 0.5) is 11.6 Å². The molecule has 0 saturated carbocycles. The van der Waals surface area contributed by atoms with Crippen molar-refractivity contribution in [2.24, 2.45) is 0 Å². The number of nitrogens with one attached hydrogen (secondary N) is 1. The van der Waals surface area contributed by atoms with Crippen molar-refractivity contribution in [2.45, 2.75) is 19.0 Å². The van der Waals surface area contributed by atoms with E-state index in [0.717, 1.165) is 35.9 Å². The average molecular weight is 488 g/mol. The highest BCUT2D eigenvalue weighted by molar-refractivity contribution is 7.99. The normalized spacial score (nSPS) is 13.8. The molecular formula is C23H26ClN5O3S. The van der Waals surface area contributed by atoms with Gasteiger partial charge < -0.3 is 19.7 Å².